The third-order valence-corrected chi connectivity index (χ3v) is 6.99. The highest BCUT2D eigenvalue weighted by Crippen LogP contribution is 2.62. The van der Waals surface area contributed by atoms with Crippen molar-refractivity contribution in [1.29, 1.82) is 0 Å². The van der Waals surface area contributed by atoms with Gasteiger partial charge in [0.1, 0.15) is 5.60 Å². The number of hydrogen-bond donors (Lipinski definition) is 3. The zero-order valence-electron chi connectivity index (χ0n) is 12.6. The molecule has 0 radical (unpaired) electrons. The van der Waals surface area contributed by atoms with Gasteiger partial charge in [-0.3, -0.25) is 9.69 Å². The summed E-state index contributed by atoms with van der Waals surface area (Å²) < 4.78 is 0. The van der Waals surface area contributed by atoms with Gasteiger partial charge in [0.05, 0.1) is 17.2 Å². The number of nitrogens with zero attached hydrogens (tertiary/aromatic N) is 1. The number of Topliss-reactive ketones (excluding diaryl/α,β-unsaturated/α-hetero) is 1. The molecular formula is C16H25NO4. The van der Waals surface area contributed by atoms with Crippen molar-refractivity contribution in [2.24, 2.45) is 11.8 Å². The number of carbonyl (C=O) groups is 1. The average Bonchev–Trinajstić information content (AvgIpc) is 2.43. The van der Waals surface area contributed by atoms with Crippen molar-refractivity contribution < 1.29 is 20.1 Å². The van der Waals surface area contributed by atoms with Crippen molar-refractivity contribution >= 4 is 5.78 Å². The zero-order valence-corrected chi connectivity index (χ0v) is 12.6. The second-order valence-corrected chi connectivity index (χ2v) is 7.74. The van der Waals surface area contributed by atoms with Gasteiger partial charge in [0.15, 0.2) is 5.78 Å². The van der Waals surface area contributed by atoms with Gasteiger partial charge in [0, 0.05) is 12.3 Å². The molecule has 0 aromatic heterocycles. The lowest BCUT2D eigenvalue weighted by Crippen LogP contribution is -2.88. The molecule has 6 unspecified atom stereocenters. The molecule has 3 N–H and O–H groups in total. The Bertz CT molecular complexity index is 495. The van der Waals surface area contributed by atoms with E-state index in [0.717, 1.165) is 25.9 Å². The Morgan fingerprint density at radius 1 is 1.19 bits per heavy atom. The van der Waals surface area contributed by atoms with Crippen molar-refractivity contribution in [2.45, 2.75) is 68.3 Å². The largest absolute Gasteiger partial charge is 0.392 e. The maximum absolute atomic E-state index is 12.7. The van der Waals surface area contributed by atoms with E-state index < -0.39 is 28.8 Å². The number of aliphatic hydroxyl groups is 3. The molecule has 2 bridgehead atoms. The molecular weight excluding hydrogens is 270 g/mol. The molecule has 1 spiro atoms. The molecule has 2 saturated heterocycles. The summed E-state index contributed by atoms with van der Waals surface area (Å²) in [7, 11) is 0. The number of piperidine rings is 2. The summed E-state index contributed by atoms with van der Waals surface area (Å²) in [6.45, 7) is 3.63. The van der Waals surface area contributed by atoms with E-state index in [-0.39, 0.29) is 18.1 Å². The van der Waals surface area contributed by atoms with Gasteiger partial charge in [-0.05, 0) is 51.1 Å². The van der Waals surface area contributed by atoms with Crippen LogP contribution < -0.4 is 0 Å². The summed E-state index contributed by atoms with van der Waals surface area (Å²) in [5.41, 5.74) is -3.46. The van der Waals surface area contributed by atoms with Crippen molar-refractivity contribution in [3.63, 3.8) is 0 Å². The molecule has 2 aliphatic heterocycles. The summed E-state index contributed by atoms with van der Waals surface area (Å²) in [5, 5.41) is 33.4. The molecule has 5 heteroatoms. The molecule has 4 rings (SSSR count). The van der Waals surface area contributed by atoms with Crippen LogP contribution in [-0.2, 0) is 4.79 Å². The van der Waals surface area contributed by atoms with E-state index in [9.17, 15) is 20.1 Å². The highest BCUT2D eigenvalue weighted by atomic mass is 16.3. The standard InChI is InChI=1S/C16H25NO4/c1-10-9-16-14(20)4-2-6-17(16)7-3-5-15(16,21)12(18)8-11(14)13(10)19/h10-11,13,19-21H,2-9H2,1H3. The maximum Gasteiger partial charge on any atom is 0.166 e. The maximum atomic E-state index is 12.7. The number of rotatable bonds is 0. The van der Waals surface area contributed by atoms with Crippen LogP contribution in [0, 0.1) is 11.8 Å². The van der Waals surface area contributed by atoms with Gasteiger partial charge >= 0.3 is 0 Å². The first-order chi connectivity index (χ1) is 9.87. The normalized spacial score (nSPS) is 57.0. The van der Waals surface area contributed by atoms with Gasteiger partial charge in [0.25, 0.3) is 0 Å². The van der Waals surface area contributed by atoms with E-state index in [2.05, 4.69) is 4.90 Å². The van der Waals surface area contributed by atoms with Crippen LogP contribution in [0.25, 0.3) is 0 Å². The second kappa shape index (κ2) is 4.07. The fourth-order valence-corrected chi connectivity index (χ4v) is 6.13. The minimum absolute atomic E-state index is 0.00593. The molecule has 2 saturated carbocycles. The Morgan fingerprint density at radius 2 is 1.86 bits per heavy atom. The predicted molar refractivity (Wildman–Crippen MR) is 75.6 cm³/mol. The molecule has 0 amide bonds. The Hall–Kier alpha value is -0.490. The average molecular weight is 295 g/mol. The molecule has 2 heterocycles. The van der Waals surface area contributed by atoms with Crippen LogP contribution >= 0.6 is 0 Å². The van der Waals surface area contributed by atoms with Crippen molar-refractivity contribution in [2.75, 3.05) is 13.1 Å². The molecule has 2 aliphatic carbocycles. The quantitative estimate of drug-likeness (QED) is 0.589. The molecule has 5 nitrogen and oxygen atoms in total. The molecule has 4 fully saturated rings. The van der Waals surface area contributed by atoms with E-state index in [1.54, 1.807) is 0 Å². The summed E-state index contributed by atoms with van der Waals surface area (Å²) in [4.78, 5) is 14.9. The molecule has 21 heavy (non-hydrogen) atoms. The first-order valence-corrected chi connectivity index (χ1v) is 8.28. The van der Waals surface area contributed by atoms with Crippen LogP contribution in [0.2, 0.25) is 0 Å². The Morgan fingerprint density at radius 3 is 2.57 bits per heavy atom. The summed E-state index contributed by atoms with van der Waals surface area (Å²) in [6, 6.07) is 0. The third-order valence-electron chi connectivity index (χ3n) is 6.99. The van der Waals surface area contributed by atoms with Crippen LogP contribution in [-0.4, -0.2) is 61.9 Å². The highest BCUT2D eigenvalue weighted by Gasteiger charge is 2.77. The van der Waals surface area contributed by atoms with E-state index in [4.69, 9.17) is 0 Å². The Kier molecular flexibility index (Phi) is 2.74. The van der Waals surface area contributed by atoms with Gasteiger partial charge in [-0.1, -0.05) is 6.92 Å². The van der Waals surface area contributed by atoms with Gasteiger partial charge < -0.3 is 15.3 Å². The first kappa shape index (κ1) is 14.1. The van der Waals surface area contributed by atoms with Crippen LogP contribution in [0.4, 0.5) is 0 Å². The smallest absolute Gasteiger partial charge is 0.166 e. The number of hydrogen-bond acceptors (Lipinski definition) is 5. The SMILES string of the molecule is CC1CC23N4CCCC2(O)C(=O)CC(C1O)C3(O)CCC4. The minimum Gasteiger partial charge on any atom is -0.392 e. The second-order valence-electron chi connectivity index (χ2n) is 7.74. The fraction of sp³-hybridized carbons (Fsp3) is 0.938. The number of carbonyl (C=O) groups excluding carboxylic acids is 1. The van der Waals surface area contributed by atoms with Gasteiger partial charge in [-0.2, -0.15) is 0 Å². The number of aliphatic hydroxyl groups excluding tert-OH is 1. The first-order valence-electron chi connectivity index (χ1n) is 8.28. The van der Waals surface area contributed by atoms with Crippen LogP contribution in [0.15, 0.2) is 0 Å². The fourth-order valence-electron chi connectivity index (χ4n) is 6.13. The lowest BCUT2D eigenvalue weighted by molar-refractivity contribution is -0.309. The lowest BCUT2D eigenvalue weighted by atomic mass is 9.43. The van der Waals surface area contributed by atoms with E-state index in [1.165, 1.54) is 0 Å². The third kappa shape index (κ3) is 1.35. The van der Waals surface area contributed by atoms with E-state index >= 15 is 0 Å². The monoisotopic (exact) mass is 295 g/mol. The van der Waals surface area contributed by atoms with Gasteiger partial charge in [-0.25, -0.2) is 0 Å². The molecule has 4 aliphatic rings. The van der Waals surface area contributed by atoms with Crippen LogP contribution in [0.1, 0.15) is 45.4 Å². The van der Waals surface area contributed by atoms with Crippen LogP contribution in [0.5, 0.6) is 0 Å². The zero-order chi connectivity index (χ0) is 15.0. The predicted octanol–water partition coefficient (Wildman–Crippen LogP) is 0.0667. The lowest BCUT2D eigenvalue weighted by Gasteiger charge is -2.72. The molecule has 0 aromatic carbocycles. The van der Waals surface area contributed by atoms with E-state index in [0.29, 0.717) is 19.3 Å². The Balaban J connectivity index is 1.96. The van der Waals surface area contributed by atoms with Crippen molar-refractivity contribution in [3.05, 3.63) is 0 Å². The van der Waals surface area contributed by atoms with E-state index in [1.807, 2.05) is 6.92 Å². The topological polar surface area (TPSA) is 81.0 Å². The minimum atomic E-state index is -1.44. The van der Waals surface area contributed by atoms with Gasteiger partial charge in [0.2, 0.25) is 0 Å². The van der Waals surface area contributed by atoms with Crippen LogP contribution in [0.3, 0.4) is 0 Å². The van der Waals surface area contributed by atoms with Crippen molar-refractivity contribution in [3.8, 4) is 0 Å². The summed E-state index contributed by atoms with van der Waals surface area (Å²) in [6.07, 6.45) is 2.63. The summed E-state index contributed by atoms with van der Waals surface area (Å²) >= 11 is 0. The van der Waals surface area contributed by atoms with Crippen molar-refractivity contribution in [1.82, 2.24) is 4.90 Å². The highest BCUT2D eigenvalue weighted by molar-refractivity contribution is 5.91. The summed E-state index contributed by atoms with van der Waals surface area (Å²) in [5.74, 6) is -0.613. The molecule has 118 valence electrons. The molecule has 0 aromatic rings. The number of ketones is 1. The van der Waals surface area contributed by atoms with Gasteiger partial charge in [-0.15, -0.1) is 0 Å². The molecule has 6 atom stereocenters. The Labute approximate surface area is 124 Å².